The van der Waals surface area contributed by atoms with Gasteiger partial charge >= 0.3 is 5.97 Å². The second-order valence-electron chi connectivity index (χ2n) is 6.30. The maximum atomic E-state index is 11.6. The predicted molar refractivity (Wildman–Crippen MR) is 103 cm³/mol. The molecule has 1 aliphatic heterocycles. The number of hydrogen-bond donors (Lipinski definition) is 1. The second-order valence-corrected chi connectivity index (χ2v) is 7.29. The lowest BCUT2D eigenvalue weighted by atomic mass is 10.1. The largest absolute Gasteiger partial charge is 0.477 e. The summed E-state index contributed by atoms with van der Waals surface area (Å²) in [6.45, 7) is 4.63. The molecular weight excluding hydrogens is 386 g/mol. The zero-order valence-electron chi connectivity index (χ0n) is 15.4. The molecule has 0 bridgehead atoms. The van der Waals surface area contributed by atoms with Crippen molar-refractivity contribution in [3.05, 3.63) is 44.7 Å². The molecule has 10 nitrogen and oxygen atoms in total. The van der Waals surface area contributed by atoms with Crippen LogP contribution in [0, 0.1) is 17.0 Å². The van der Waals surface area contributed by atoms with Gasteiger partial charge in [0, 0.05) is 39.2 Å². The molecule has 0 saturated carbocycles. The number of nitro groups is 1. The molecule has 1 fully saturated rings. The van der Waals surface area contributed by atoms with E-state index in [4.69, 9.17) is 4.42 Å². The number of thioether (sulfide) groups is 1. The molecule has 148 valence electrons. The fraction of sp³-hybridized carbons (Fsp3) is 0.353. The number of nitrogens with zero attached hydrogens (tertiary/aromatic N) is 5. The minimum Gasteiger partial charge on any atom is -0.477 e. The van der Waals surface area contributed by atoms with Gasteiger partial charge in [-0.3, -0.25) is 10.1 Å². The van der Waals surface area contributed by atoms with Crippen LogP contribution in [0.25, 0.3) is 6.08 Å². The standard InChI is InChI=1S/C17H19N5O5S/c1-11-18-19-17(27-11)28-15(16(23)24)10-12-3-4-13(14(9-12)22(25)26)21-7-5-20(2)6-8-21/h3-4,9-10H,5-8H2,1-2H3,(H,23,24)/b15-10+. The number of aromatic nitrogens is 2. The highest BCUT2D eigenvalue weighted by Gasteiger charge is 2.23. The molecule has 2 aromatic rings. The summed E-state index contributed by atoms with van der Waals surface area (Å²) in [5.41, 5.74) is 0.889. The van der Waals surface area contributed by atoms with Gasteiger partial charge in [-0.15, -0.1) is 10.2 Å². The third-order valence-corrected chi connectivity index (χ3v) is 5.11. The first-order valence-electron chi connectivity index (χ1n) is 8.48. The molecule has 2 heterocycles. The minimum atomic E-state index is -1.19. The van der Waals surface area contributed by atoms with Crippen molar-refractivity contribution >= 4 is 35.2 Å². The molecule has 1 aliphatic rings. The molecule has 0 aliphatic carbocycles. The summed E-state index contributed by atoms with van der Waals surface area (Å²) in [4.78, 5) is 26.8. The van der Waals surface area contributed by atoms with E-state index in [-0.39, 0.29) is 15.8 Å². The van der Waals surface area contributed by atoms with Gasteiger partial charge in [-0.1, -0.05) is 6.07 Å². The van der Waals surface area contributed by atoms with E-state index in [1.54, 1.807) is 19.1 Å². The van der Waals surface area contributed by atoms with E-state index in [1.807, 2.05) is 11.9 Å². The van der Waals surface area contributed by atoms with E-state index < -0.39 is 10.9 Å². The number of carboxylic acids is 1. The summed E-state index contributed by atoms with van der Waals surface area (Å²) in [5, 5.41) is 28.5. The fourth-order valence-corrected chi connectivity index (χ4v) is 3.51. The average molecular weight is 405 g/mol. The van der Waals surface area contributed by atoms with Gasteiger partial charge in [0.05, 0.1) is 4.92 Å². The summed E-state index contributed by atoms with van der Waals surface area (Å²) in [5.74, 6) is -0.869. The van der Waals surface area contributed by atoms with Gasteiger partial charge in [-0.05, 0) is 36.5 Å². The highest BCUT2D eigenvalue weighted by atomic mass is 32.2. The Morgan fingerprint density at radius 2 is 2.04 bits per heavy atom. The third kappa shape index (κ3) is 4.67. The van der Waals surface area contributed by atoms with Gasteiger partial charge in [-0.25, -0.2) is 4.79 Å². The zero-order chi connectivity index (χ0) is 20.3. The Morgan fingerprint density at radius 3 is 2.61 bits per heavy atom. The number of piperazine rings is 1. The number of likely N-dealkylation sites (N-methyl/N-ethyl adjacent to an activating group) is 1. The molecule has 0 unspecified atom stereocenters. The van der Waals surface area contributed by atoms with Crippen molar-refractivity contribution in [1.82, 2.24) is 15.1 Å². The maximum absolute atomic E-state index is 11.6. The molecule has 1 N–H and O–H groups in total. The van der Waals surface area contributed by atoms with Crippen LogP contribution >= 0.6 is 11.8 Å². The number of anilines is 1. The van der Waals surface area contributed by atoms with Crippen LogP contribution in [0.1, 0.15) is 11.5 Å². The van der Waals surface area contributed by atoms with Crippen molar-refractivity contribution in [3.63, 3.8) is 0 Å². The van der Waals surface area contributed by atoms with Gasteiger partial charge < -0.3 is 19.3 Å². The first kappa shape index (κ1) is 19.8. The SMILES string of the molecule is Cc1nnc(S/C(=C/c2ccc(N3CCN(C)CC3)c([N+](=O)[O-])c2)C(=O)O)o1. The number of aliphatic carboxylic acids is 1. The van der Waals surface area contributed by atoms with Gasteiger partial charge in [0.1, 0.15) is 10.6 Å². The van der Waals surface area contributed by atoms with Crippen LogP contribution in [0.3, 0.4) is 0 Å². The Labute approximate surface area is 165 Å². The summed E-state index contributed by atoms with van der Waals surface area (Å²) in [7, 11) is 2.01. The number of benzene rings is 1. The molecule has 0 amide bonds. The summed E-state index contributed by atoms with van der Waals surface area (Å²) >= 11 is 0.795. The molecule has 0 spiro atoms. The molecule has 1 aromatic carbocycles. The lowest BCUT2D eigenvalue weighted by Crippen LogP contribution is -2.44. The Kier molecular flexibility index (Phi) is 5.95. The number of carbonyl (C=O) groups is 1. The van der Waals surface area contributed by atoms with Crippen LogP contribution in [0.4, 0.5) is 11.4 Å². The topological polar surface area (TPSA) is 126 Å². The van der Waals surface area contributed by atoms with E-state index in [9.17, 15) is 20.0 Å². The number of rotatable bonds is 6. The van der Waals surface area contributed by atoms with Crippen LogP contribution in [0.2, 0.25) is 0 Å². The van der Waals surface area contributed by atoms with Crippen LogP contribution in [0.5, 0.6) is 0 Å². The third-order valence-electron chi connectivity index (χ3n) is 4.25. The van der Waals surface area contributed by atoms with E-state index >= 15 is 0 Å². The molecule has 1 aromatic heterocycles. The van der Waals surface area contributed by atoms with Crippen LogP contribution in [-0.4, -0.2) is 64.3 Å². The Balaban J connectivity index is 1.90. The van der Waals surface area contributed by atoms with Crippen LogP contribution in [0.15, 0.2) is 32.7 Å². The molecule has 1 saturated heterocycles. The average Bonchev–Trinajstić information content (AvgIpc) is 3.06. The minimum absolute atomic E-state index is 0.0540. The van der Waals surface area contributed by atoms with Crippen molar-refractivity contribution in [2.75, 3.05) is 38.1 Å². The Morgan fingerprint density at radius 1 is 1.32 bits per heavy atom. The zero-order valence-corrected chi connectivity index (χ0v) is 16.2. The number of nitro benzene ring substituents is 1. The van der Waals surface area contributed by atoms with E-state index in [1.165, 1.54) is 12.1 Å². The Bertz CT molecular complexity index is 920. The van der Waals surface area contributed by atoms with Crippen molar-refractivity contribution in [2.24, 2.45) is 0 Å². The van der Waals surface area contributed by atoms with Gasteiger partial charge in [0.25, 0.3) is 10.9 Å². The first-order valence-corrected chi connectivity index (χ1v) is 9.30. The molecule has 0 atom stereocenters. The molecule has 0 radical (unpaired) electrons. The molecular formula is C17H19N5O5S. The van der Waals surface area contributed by atoms with Crippen LogP contribution in [-0.2, 0) is 4.79 Å². The first-order chi connectivity index (χ1) is 13.3. The molecule has 3 rings (SSSR count). The lowest BCUT2D eigenvalue weighted by molar-refractivity contribution is -0.384. The Hall–Kier alpha value is -2.92. The van der Waals surface area contributed by atoms with Crippen molar-refractivity contribution in [1.29, 1.82) is 0 Å². The monoisotopic (exact) mass is 405 g/mol. The summed E-state index contributed by atoms with van der Waals surface area (Å²) in [6.07, 6.45) is 1.35. The molecule has 28 heavy (non-hydrogen) atoms. The predicted octanol–water partition coefficient (Wildman–Crippen LogP) is 2.26. The lowest BCUT2D eigenvalue weighted by Gasteiger charge is -2.33. The van der Waals surface area contributed by atoms with Crippen molar-refractivity contribution in [2.45, 2.75) is 12.1 Å². The maximum Gasteiger partial charge on any atom is 0.342 e. The van der Waals surface area contributed by atoms with E-state index in [0.29, 0.717) is 30.2 Å². The quantitative estimate of drug-likeness (QED) is 0.331. The van der Waals surface area contributed by atoms with Crippen molar-refractivity contribution < 1.29 is 19.2 Å². The van der Waals surface area contributed by atoms with Gasteiger partial charge in [0.15, 0.2) is 0 Å². The van der Waals surface area contributed by atoms with Gasteiger partial charge in [-0.2, -0.15) is 0 Å². The summed E-state index contributed by atoms with van der Waals surface area (Å²) in [6, 6.07) is 4.72. The smallest absolute Gasteiger partial charge is 0.342 e. The van der Waals surface area contributed by atoms with Crippen LogP contribution < -0.4 is 4.90 Å². The number of aryl methyl sites for hydroxylation is 1. The molecule has 11 heteroatoms. The number of hydrogen-bond acceptors (Lipinski definition) is 9. The second kappa shape index (κ2) is 8.40. The van der Waals surface area contributed by atoms with Crippen molar-refractivity contribution in [3.8, 4) is 0 Å². The highest BCUT2D eigenvalue weighted by Crippen LogP contribution is 2.33. The summed E-state index contributed by atoms with van der Waals surface area (Å²) < 4.78 is 5.19. The highest BCUT2D eigenvalue weighted by molar-refractivity contribution is 8.03. The van der Waals surface area contributed by atoms with E-state index in [2.05, 4.69) is 15.1 Å². The van der Waals surface area contributed by atoms with E-state index in [0.717, 1.165) is 24.9 Å². The van der Waals surface area contributed by atoms with Gasteiger partial charge in [0.2, 0.25) is 5.89 Å². The number of carboxylic acid groups (broad SMARTS) is 1. The normalized spacial score (nSPS) is 15.6. The fourth-order valence-electron chi connectivity index (χ4n) is 2.79.